The first kappa shape index (κ1) is 14.0. The monoisotopic (exact) mass is 269 g/mol. The van der Waals surface area contributed by atoms with Crippen LogP contribution in [0.3, 0.4) is 0 Å². The van der Waals surface area contributed by atoms with Crippen molar-refractivity contribution in [2.24, 2.45) is 0 Å². The summed E-state index contributed by atoms with van der Waals surface area (Å²) in [5, 5.41) is 11.8. The Bertz CT molecular complexity index is 537. The summed E-state index contributed by atoms with van der Waals surface area (Å²) in [4.78, 5) is 25.7. The highest BCUT2D eigenvalue weighted by Gasteiger charge is 2.27. The molecule has 1 aromatic heterocycles. The molecule has 0 amide bonds. The Labute approximate surface area is 110 Å². The summed E-state index contributed by atoms with van der Waals surface area (Å²) in [7, 11) is 1.73. The molecule has 1 aromatic rings. The summed E-state index contributed by atoms with van der Waals surface area (Å²) in [6, 6.07) is 0. The fraction of sp³-hybridized carbons (Fsp3) is 0.667. The fourth-order valence-electron chi connectivity index (χ4n) is 2.31. The smallest absolute Gasteiger partial charge is 0.330 e. The summed E-state index contributed by atoms with van der Waals surface area (Å²) in [5.41, 5.74) is -0.337. The molecule has 1 fully saturated rings. The van der Waals surface area contributed by atoms with Crippen LogP contribution in [0, 0.1) is 0 Å². The van der Waals surface area contributed by atoms with E-state index in [0.717, 1.165) is 6.42 Å². The highest BCUT2D eigenvalue weighted by molar-refractivity contribution is 5.04. The lowest BCUT2D eigenvalue weighted by molar-refractivity contribution is -0.0104. The molecule has 1 aliphatic rings. The van der Waals surface area contributed by atoms with Gasteiger partial charge in [0.15, 0.2) is 0 Å². The molecule has 1 saturated heterocycles. The van der Waals surface area contributed by atoms with E-state index in [2.05, 4.69) is 10.3 Å². The van der Waals surface area contributed by atoms with Gasteiger partial charge in [0.25, 0.3) is 5.56 Å². The molecular formula is C12H19N3O4. The number of rotatable bonds is 5. The van der Waals surface area contributed by atoms with E-state index >= 15 is 0 Å². The van der Waals surface area contributed by atoms with Crippen molar-refractivity contribution in [1.82, 2.24) is 14.9 Å². The van der Waals surface area contributed by atoms with Crippen molar-refractivity contribution in [3.05, 3.63) is 32.6 Å². The van der Waals surface area contributed by atoms with Gasteiger partial charge in [-0.05, 0) is 26.3 Å². The topological polar surface area (TPSA) is 96.3 Å². The van der Waals surface area contributed by atoms with Crippen molar-refractivity contribution in [3.8, 4) is 0 Å². The van der Waals surface area contributed by atoms with Gasteiger partial charge < -0.3 is 15.2 Å². The van der Waals surface area contributed by atoms with Crippen LogP contribution in [0.4, 0.5) is 0 Å². The number of hydrogen-bond acceptors (Lipinski definition) is 5. The van der Waals surface area contributed by atoms with Crippen molar-refractivity contribution in [2.75, 3.05) is 13.7 Å². The highest BCUT2D eigenvalue weighted by atomic mass is 16.5. The maximum absolute atomic E-state index is 11.8. The predicted octanol–water partition coefficient (Wildman–Crippen LogP) is -0.684. The second kappa shape index (κ2) is 6.14. The normalized spacial score (nSPS) is 22.8. The van der Waals surface area contributed by atoms with E-state index in [1.807, 2.05) is 0 Å². The molecule has 106 valence electrons. The van der Waals surface area contributed by atoms with Crippen LogP contribution < -0.4 is 16.6 Å². The predicted molar refractivity (Wildman–Crippen MR) is 68.9 cm³/mol. The molecule has 7 nitrogen and oxygen atoms in total. The SMILES string of the molecule is CNCc1cn(C2CCC(CCO)O2)c(=O)[nH]c1=O. The summed E-state index contributed by atoms with van der Waals surface area (Å²) in [6.07, 6.45) is 3.23. The van der Waals surface area contributed by atoms with Gasteiger partial charge in [-0.15, -0.1) is 0 Å². The minimum Gasteiger partial charge on any atom is -0.396 e. The molecule has 19 heavy (non-hydrogen) atoms. The molecule has 0 aromatic carbocycles. The van der Waals surface area contributed by atoms with Crippen molar-refractivity contribution < 1.29 is 9.84 Å². The van der Waals surface area contributed by atoms with Gasteiger partial charge in [0, 0.05) is 24.9 Å². The molecule has 0 radical (unpaired) electrons. The number of nitrogens with zero attached hydrogens (tertiary/aromatic N) is 1. The van der Waals surface area contributed by atoms with Crippen LogP contribution in [0.5, 0.6) is 0 Å². The average Bonchev–Trinajstić information content (AvgIpc) is 2.82. The van der Waals surface area contributed by atoms with Crippen LogP contribution in [0.15, 0.2) is 15.8 Å². The van der Waals surface area contributed by atoms with Crippen LogP contribution in [0.1, 0.15) is 31.1 Å². The molecule has 1 aliphatic heterocycles. The molecule has 0 bridgehead atoms. The van der Waals surface area contributed by atoms with Crippen molar-refractivity contribution >= 4 is 0 Å². The molecule has 2 rings (SSSR count). The van der Waals surface area contributed by atoms with Gasteiger partial charge in [-0.2, -0.15) is 0 Å². The molecule has 7 heteroatoms. The number of aromatic nitrogens is 2. The number of H-pyrrole nitrogens is 1. The van der Waals surface area contributed by atoms with Crippen molar-refractivity contribution in [3.63, 3.8) is 0 Å². The third-order valence-corrected chi connectivity index (χ3v) is 3.26. The van der Waals surface area contributed by atoms with E-state index in [9.17, 15) is 9.59 Å². The van der Waals surface area contributed by atoms with Crippen LogP contribution in [-0.4, -0.2) is 34.4 Å². The lowest BCUT2D eigenvalue weighted by Crippen LogP contribution is -2.35. The van der Waals surface area contributed by atoms with E-state index in [1.165, 1.54) is 4.57 Å². The van der Waals surface area contributed by atoms with Crippen molar-refractivity contribution in [1.29, 1.82) is 0 Å². The van der Waals surface area contributed by atoms with E-state index in [4.69, 9.17) is 9.84 Å². The number of ether oxygens (including phenoxy) is 1. The van der Waals surface area contributed by atoms with E-state index < -0.39 is 5.69 Å². The third-order valence-electron chi connectivity index (χ3n) is 3.26. The molecule has 0 spiro atoms. The van der Waals surface area contributed by atoms with Gasteiger partial charge in [0.2, 0.25) is 0 Å². The van der Waals surface area contributed by atoms with Gasteiger partial charge in [-0.1, -0.05) is 0 Å². The highest BCUT2D eigenvalue weighted by Crippen LogP contribution is 2.28. The van der Waals surface area contributed by atoms with E-state index in [-0.39, 0.29) is 24.5 Å². The first-order valence-electron chi connectivity index (χ1n) is 6.41. The van der Waals surface area contributed by atoms with E-state index in [0.29, 0.717) is 24.9 Å². The van der Waals surface area contributed by atoms with Gasteiger partial charge in [-0.25, -0.2) is 4.79 Å². The van der Waals surface area contributed by atoms with Gasteiger partial charge >= 0.3 is 5.69 Å². The minimum absolute atomic E-state index is 0.0263. The minimum atomic E-state index is -0.459. The fourth-order valence-corrected chi connectivity index (χ4v) is 2.31. The second-order valence-electron chi connectivity index (χ2n) is 4.65. The molecular weight excluding hydrogens is 250 g/mol. The summed E-state index contributed by atoms with van der Waals surface area (Å²) >= 11 is 0. The Morgan fingerprint density at radius 3 is 3.00 bits per heavy atom. The molecule has 0 saturated carbocycles. The third kappa shape index (κ3) is 3.12. The number of aromatic amines is 1. The van der Waals surface area contributed by atoms with E-state index in [1.54, 1.807) is 13.2 Å². The zero-order valence-electron chi connectivity index (χ0n) is 10.9. The van der Waals surface area contributed by atoms with Gasteiger partial charge in [0.05, 0.1) is 6.10 Å². The zero-order valence-corrected chi connectivity index (χ0v) is 10.9. The average molecular weight is 269 g/mol. The summed E-state index contributed by atoms with van der Waals surface area (Å²) in [6.45, 7) is 0.464. The molecule has 3 N–H and O–H groups in total. The van der Waals surface area contributed by atoms with Gasteiger partial charge in [-0.3, -0.25) is 14.3 Å². The van der Waals surface area contributed by atoms with Crippen molar-refractivity contribution in [2.45, 2.75) is 38.1 Å². The first-order valence-corrected chi connectivity index (χ1v) is 6.41. The number of nitrogens with one attached hydrogen (secondary N) is 2. The molecule has 2 atom stereocenters. The lowest BCUT2D eigenvalue weighted by atomic mass is 10.2. The summed E-state index contributed by atoms with van der Waals surface area (Å²) < 4.78 is 7.12. The number of aliphatic hydroxyl groups excluding tert-OH is 1. The first-order chi connectivity index (χ1) is 9.15. The number of hydrogen-bond donors (Lipinski definition) is 3. The zero-order chi connectivity index (χ0) is 13.8. The number of aliphatic hydroxyl groups is 1. The maximum Gasteiger partial charge on any atom is 0.330 e. The molecule has 2 heterocycles. The maximum atomic E-state index is 11.8. The van der Waals surface area contributed by atoms with Gasteiger partial charge in [0.1, 0.15) is 6.23 Å². The Balaban J connectivity index is 2.23. The molecule has 2 unspecified atom stereocenters. The van der Waals surface area contributed by atoms with Crippen LogP contribution in [-0.2, 0) is 11.3 Å². The second-order valence-corrected chi connectivity index (χ2v) is 4.65. The Kier molecular flexibility index (Phi) is 4.52. The lowest BCUT2D eigenvalue weighted by Gasteiger charge is -2.16. The molecule has 0 aliphatic carbocycles. The quantitative estimate of drug-likeness (QED) is 0.658. The Hall–Kier alpha value is -1.44. The standard InChI is InChI=1S/C12H19N3O4/c1-13-6-8-7-15(12(18)14-11(8)17)10-3-2-9(19-10)4-5-16/h7,9-10,13,16H,2-6H2,1H3,(H,14,17,18). The van der Waals surface area contributed by atoms with Crippen LogP contribution in [0.2, 0.25) is 0 Å². The summed E-state index contributed by atoms with van der Waals surface area (Å²) in [5.74, 6) is 0. The Morgan fingerprint density at radius 2 is 2.32 bits per heavy atom. The Morgan fingerprint density at radius 1 is 1.53 bits per heavy atom. The largest absolute Gasteiger partial charge is 0.396 e. The van der Waals surface area contributed by atoms with Crippen LogP contribution in [0.25, 0.3) is 0 Å². The van der Waals surface area contributed by atoms with Crippen LogP contribution >= 0.6 is 0 Å².